The van der Waals surface area contributed by atoms with Gasteiger partial charge in [0, 0.05) is 27.9 Å². The molecule has 0 radical (unpaired) electrons. The first-order valence-electron chi connectivity index (χ1n) is 8.20. The van der Waals surface area contributed by atoms with E-state index in [9.17, 15) is 0 Å². The van der Waals surface area contributed by atoms with Crippen LogP contribution >= 0.6 is 24.0 Å². The van der Waals surface area contributed by atoms with Gasteiger partial charge in [-0.2, -0.15) is 0 Å². The molecule has 0 bridgehead atoms. The summed E-state index contributed by atoms with van der Waals surface area (Å²) >= 11 is 5.99. The summed E-state index contributed by atoms with van der Waals surface area (Å²) in [7, 11) is 0. The summed E-state index contributed by atoms with van der Waals surface area (Å²) in [5, 5.41) is 14.9. The number of aromatic nitrogens is 2. The number of fused-ring (bicyclic) bond motifs is 1. The first-order valence-corrected chi connectivity index (χ1v) is 8.58. The van der Waals surface area contributed by atoms with Crippen molar-refractivity contribution in [1.82, 2.24) is 15.5 Å². The summed E-state index contributed by atoms with van der Waals surface area (Å²) in [5.41, 5.74) is 1.84. The number of ether oxygens (including phenoxy) is 1. The topological polar surface area (TPSA) is 47.0 Å². The van der Waals surface area contributed by atoms with Gasteiger partial charge in [-0.15, -0.1) is 22.6 Å². The Labute approximate surface area is 158 Å². The van der Waals surface area contributed by atoms with Gasteiger partial charge < -0.3 is 10.1 Å². The number of hydrogen-bond acceptors (Lipinski definition) is 4. The van der Waals surface area contributed by atoms with E-state index in [0.717, 1.165) is 48.0 Å². The molecule has 25 heavy (non-hydrogen) atoms. The first kappa shape index (κ1) is 17.9. The average molecular weight is 376 g/mol. The highest BCUT2D eigenvalue weighted by Crippen LogP contribution is 2.32. The van der Waals surface area contributed by atoms with Crippen molar-refractivity contribution in [2.45, 2.75) is 18.9 Å². The number of nitrogens with one attached hydrogen (secondary N) is 1. The molecule has 4 nitrogen and oxygen atoms in total. The fraction of sp³-hybridized carbons (Fsp3) is 0.263. The molecule has 6 heteroatoms. The molecule has 1 aliphatic heterocycles. The van der Waals surface area contributed by atoms with Crippen LogP contribution in [0.2, 0.25) is 5.02 Å². The Morgan fingerprint density at radius 1 is 1.00 bits per heavy atom. The van der Waals surface area contributed by atoms with E-state index in [4.69, 9.17) is 16.3 Å². The van der Waals surface area contributed by atoms with Crippen LogP contribution < -0.4 is 10.1 Å². The van der Waals surface area contributed by atoms with Gasteiger partial charge in [0.1, 0.15) is 11.8 Å². The van der Waals surface area contributed by atoms with Gasteiger partial charge in [0.15, 0.2) is 0 Å². The Bertz CT molecular complexity index is 849. The van der Waals surface area contributed by atoms with Gasteiger partial charge in [-0.1, -0.05) is 41.9 Å². The third-order valence-electron chi connectivity index (χ3n) is 4.30. The Balaban J connectivity index is 0.00000182. The molecule has 0 aliphatic carbocycles. The van der Waals surface area contributed by atoms with E-state index in [1.54, 1.807) is 0 Å². The van der Waals surface area contributed by atoms with Gasteiger partial charge >= 0.3 is 0 Å². The highest BCUT2D eigenvalue weighted by atomic mass is 35.5. The molecule has 3 aromatic rings. The van der Waals surface area contributed by atoms with Crippen LogP contribution in [-0.2, 0) is 0 Å². The lowest BCUT2D eigenvalue weighted by Gasteiger charge is -2.23. The SMILES string of the molecule is Cl.Clc1ccc(-c2nnc(OC3CCCNC3)c3ccccc23)cc1. The van der Waals surface area contributed by atoms with Crippen LogP contribution in [0.15, 0.2) is 48.5 Å². The van der Waals surface area contributed by atoms with Crippen LogP contribution in [0.3, 0.4) is 0 Å². The summed E-state index contributed by atoms with van der Waals surface area (Å²) in [6, 6.07) is 15.8. The van der Waals surface area contributed by atoms with Crippen molar-refractivity contribution >= 4 is 34.8 Å². The maximum absolute atomic E-state index is 6.12. The summed E-state index contributed by atoms with van der Waals surface area (Å²) in [6.07, 6.45) is 2.32. The van der Waals surface area contributed by atoms with Crippen LogP contribution in [0.1, 0.15) is 12.8 Å². The van der Waals surface area contributed by atoms with Gasteiger partial charge in [-0.05, 0) is 37.6 Å². The molecule has 0 spiro atoms. The maximum atomic E-state index is 6.12. The van der Waals surface area contributed by atoms with E-state index in [1.165, 1.54) is 0 Å². The van der Waals surface area contributed by atoms with Crippen LogP contribution in [-0.4, -0.2) is 29.4 Å². The van der Waals surface area contributed by atoms with E-state index in [-0.39, 0.29) is 18.5 Å². The number of piperidine rings is 1. The second-order valence-corrected chi connectivity index (χ2v) is 6.43. The largest absolute Gasteiger partial charge is 0.471 e. The first-order chi connectivity index (χ1) is 11.8. The highest BCUT2D eigenvalue weighted by Gasteiger charge is 2.18. The predicted octanol–water partition coefficient (Wildman–Crippen LogP) is 4.50. The third kappa shape index (κ3) is 3.87. The van der Waals surface area contributed by atoms with Crippen molar-refractivity contribution in [2.75, 3.05) is 13.1 Å². The van der Waals surface area contributed by atoms with E-state index in [0.29, 0.717) is 10.9 Å². The van der Waals surface area contributed by atoms with Crippen molar-refractivity contribution in [3.8, 4) is 17.1 Å². The minimum absolute atomic E-state index is 0. The summed E-state index contributed by atoms with van der Waals surface area (Å²) < 4.78 is 6.12. The molecular weight excluding hydrogens is 357 g/mol. The zero-order valence-corrected chi connectivity index (χ0v) is 15.2. The number of halogens is 2. The predicted molar refractivity (Wildman–Crippen MR) is 104 cm³/mol. The average Bonchev–Trinajstić information content (AvgIpc) is 2.64. The highest BCUT2D eigenvalue weighted by molar-refractivity contribution is 6.30. The van der Waals surface area contributed by atoms with Crippen molar-refractivity contribution in [1.29, 1.82) is 0 Å². The molecule has 1 fully saturated rings. The summed E-state index contributed by atoms with van der Waals surface area (Å²) in [6.45, 7) is 1.91. The van der Waals surface area contributed by atoms with Gasteiger partial charge in [-0.3, -0.25) is 0 Å². The van der Waals surface area contributed by atoms with Crippen LogP contribution in [0.5, 0.6) is 5.88 Å². The minimum atomic E-state index is 0. The molecule has 1 atom stereocenters. The Hall–Kier alpha value is -1.88. The molecule has 1 saturated heterocycles. The monoisotopic (exact) mass is 375 g/mol. The van der Waals surface area contributed by atoms with Crippen LogP contribution in [0.4, 0.5) is 0 Å². The molecule has 0 amide bonds. The number of nitrogens with zero attached hydrogens (tertiary/aromatic N) is 2. The van der Waals surface area contributed by atoms with Crippen LogP contribution in [0, 0.1) is 0 Å². The lowest BCUT2D eigenvalue weighted by Crippen LogP contribution is -2.37. The number of hydrogen-bond donors (Lipinski definition) is 1. The molecule has 130 valence electrons. The number of rotatable bonds is 3. The third-order valence-corrected chi connectivity index (χ3v) is 4.55. The molecule has 2 aromatic carbocycles. The minimum Gasteiger partial charge on any atom is -0.471 e. The maximum Gasteiger partial charge on any atom is 0.241 e. The number of benzene rings is 2. The van der Waals surface area contributed by atoms with Crippen molar-refractivity contribution < 1.29 is 4.74 Å². The van der Waals surface area contributed by atoms with E-state index >= 15 is 0 Å². The zero-order valence-electron chi connectivity index (χ0n) is 13.6. The Kier molecular flexibility index (Phi) is 5.74. The second kappa shape index (κ2) is 8.00. The second-order valence-electron chi connectivity index (χ2n) is 5.99. The molecule has 4 rings (SSSR count). The van der Waals surface area contributed by atoms with Gasteiger partial charge in [0.05, 0.1) is 0 Å². The smallest absolute Gasteiger partial charge is 0.241 e. The quantitative estimate of drug-likeness (QED) is 0.731. The Morgan fingerprint density at radius 2 is 1.76 bits per heavy atom. The van der Waals surface area contributed by atoms with Crippen LogP contribution in [0.25, 0.3) is 22.0 Å². The normalized spacial score (nSPS) is 17.1. The molecule has 2 heterocycles. The standard InChI is InChI=1S/C19H18ClN3O.ClH/c20-14-9-7-13(8-10-14)18-16-5-1-2-6-17(16)19(23-22-18)24-15-4-3-11-21-12-15;/h1-2,5-10,15,21H,3-4,11-12H2;1H. The van der Waals surface area contributed by atoms with Crippen molar-refractivity contribution in [3.05, 3.63) is 53.6 Å². The molecule has 1 aromatic heterocycles. The van der Waals surface area contributed by atoms with Gasteiger partial charge in [-0.25, -0.2) is 0 Å². The molecule has 1 unspecified atom stereocenters. The van der Waals surface area contributed by atoms with Gasteiger partial charge in [0.2, 0.25) is 5.88 Å². The molecule has 0 saturated carbocycles. The molecule has 1 aliphatic rings. The summed E-state index contributed by atoms with van der Waals surface area (Å²) in [5.74, 6) is 0.608. The van der Waals surface area contributed by atoms with Crippen molar-refractivity contribution in [3.63, 3.8) is 0 Å². The Morgan fingerprint density at radius 3 is 2.48 bits per heavy atom. The van der Waals surface area contributed by atoms with E-state index in [2.05, 4.69) is 21.6 Å². The molecule has 1 N–H and O–H groups in total. The zero-order chi connectivity index (χ0) is 16.4. The van der Waals surface area contributed by atoms with Crippen molar-refractivity contribution in [2.24, 2.45) is 0 Å². The fourth-order valence-electron chi connectivity index (χ4n) is 3.07. The molecular formula is C19H19Cl2N3O. The van der Waals surface area contributed by atoms with E-state index in [1.807, 2.05) is 42.5 Å². The lowest BCUT2D eigenvalue weighted by molar-refractivity contribution is 0.161. The lowest BCUT2D eigenvalue weighted by atomic mass is 10.0. The van der Waals surface area contributed by atoms with Gasteiger partial charge in [0.25, 0.3) is 0 Å². The summed E-state index contributed by atoms with van der Waals surface area (Å²) in [4.78, 5) is 0. The fourth-order valence-corrected chi connectivity index (χ4v) is 3.19. The van der Waals surface area contributed by atoms with E-state index < -0.39 is 0 Å².